The minimum atomic E-state index is 0.828. The minimum Gasteiger partial charge on any atom is -0.330 e. The van der Waals surface area contributed by atoms with Crippen LogP contribution in [0.25, 0.3) is 0 Å². The van der Waals surface area contributed by atoms with Gasteiger partial charge in [0.1, 0.15) is 0 Å². The van der Waals surface area contributed by atoms with Crippen LogP contribution in [0.1, 0.15) is 84.5 Å². The van der Waals surface area contributed by atoms with Crippen molar-refractivity contribution in [3.8, 4) is 0 Å². The van der Waals surface area contributed by atoms with Crippen molar-refractivity contribution in [1.82, 2.24) is 4.90 Å². The van der Waals surface area contributed by atoms with Crippen LogP contribution in [0.15, 0.2) is 0 Å². The van der Waals surface area contributed by atoms with E-state index in [4.69, 9.17) is 5.73 Å². The predicted octanol–water partition coefficient (Wildman–Crippen LogP) is 4.58. The van der Waals surface area contributed by atoms with E-state index in [-0.39, 0.29) is 0 Å². The smallest absolute Gasteiger partial charge is 0.000683 e. The first-order chi connectivity index (χ1) is 9.35. The molecular formula is C17H38N2. The summed E-state index contributed by atoms with van der Waals surface area (Å²) in [6, 6.07) is 0. The third-order valence-corrected chi connectivity index (χ3v) is 3.95. The van der Waals surface area contributed by atoms with Crippen LogP contribution in [0, 0.1) is 0 Å². The number of nitrogens with two attached hydrogens (primary N) is 1. The molecule has 0 bridgehead atoms. The monoisotopic (exact) mass is 270 g/mol. The van der Waals surface area contributed by atoms with E-state index < -0.39 is 0 Å². The molecule has 0 aliphatic rings. The van der Waals surface area contributed by atoms with Crippen molar-refractivity contribution in [3.05, 3.63) is 0 Å². The van der Waals surface area contributed by atoms with Gasteiger partial charge < -0.3 is 10.6 Å². The lowest BCUT2D eigenvalue weighted by atomic mass is 10.1. The van der Waals surface area contributed by atoms with Crippen LogP contribution < -0.4 is 5.73 Å². The van der Waals surface area contributed by atoms with Crippen molar-refractivity contribution in [2.24, 2.45) is 5.73 Å². The number of hydrogen-bond donors (Lipinski definition) is 1. The molecule has 0 spiro atoms. The van der Waals surface area contributed by atoms with Gasteiger partial charge in [0, 0.05) is 0 Å². The Balaban J connectivity index is 3.16. The van der Waals surface area contributed by atoms with Gasteiger partial charge in [-0.05, 0) is 39.0 Å². The third kappa shape index (κ3) is 14.1. The van der Waals surface area contributed by atoms with E-state index in [1.165, 1.54) is 83.8 Å². The van der Waals surface area contributed by atoms with Crippen molar-refractivity contribution in [2.45, 2.75) is 84.5 Å². The van der Waals surface area contributed by atoms with Crippen molar-refractivity contribution < 1.29 is 0 Å². The zero-order valence-electron chi connectivity index (χ0n) is 13.6. The standard InChI is InChI=1S/C17H38N2/c1-3-5-6-7-8-9-10-11-12-13-16-19(4-2)17-14-15-18/h3-18H2,1-2H3. The summed E-state index contributed by atoms with van der Waals surface area (Å²) in [4.78, 5) is 2.54. The van der Waals surface area contributed by atoms with Crippen molar-refractivity contribution in [1.29, 1.82) is 0 Å². The Morgan fingerprint density at radius 1 is 0.632 bits per heavy atom. The van der Waals surface area contributed by atoms with Crippen molar-refractivity contribution in [2.75, 3.05) is 26.2 Å². The van der Waals surface area contributed by atoms with Gasteiger partial charge in [-0.3, -0.25) is 0 Å². The van der Waals surface area contributed by atoms with Crippen molar-refractivity contribution in [3.63, 3.8) is 0 Å². The Bertz CT molecular complexity index is 159. The lowest BCUT2D eigenvalue weighted by molar-refractivity contribution is 0.278. The van der Waals surface area contributed by atoms with Gasteiger partial charge in [-0.1, -0.05) is 71.6 Å². The maximum absolute atomic E-state index is 5.56. The molecular weight excluding hydrogens is 232 g/mol. The molecule has 0 saturated carbocycles. The molecule has 0 saturated heterocycles. The molecule has 0 heterocycles. The quantitative estimate of drug-likeness (QED) is 0.441. The van der Waals surface area contributed by atoms with Gasteiger partial charge in [0.15, 0.2) is 0 Å². The highest BCUT2D eigenvalue weighted by Gasteiger charge is 2.00. The van der Waals surface area contributed by atoms with Gasteiger partial charge in [0.05, 0.1) is 0 Å². The SMILES string of the molecule is CCCCCCCCCCCCN(CC)CCCN. The summed E-state index contributed by atoms with van der Waals surface area (Å²) < 4.78 is 0. The van der Waals surface area contributed by atoms with Crippen LogP contribution in [0.5, 0.6) is 0 Å². The Morgan fingerprint density at radius 2 is 1.11 bits per heavy atom. The second-order valence-corrected chi connectivity index (χ2v) is 5.76. The topological polar surface area (TPSA) is 29.3 Å². The molecule has 19 heavy (non-hydrogen) atoms. The molecule has 116 valence electrons. The van der Waals surface area contributed by atoms with E-state index >= 15 is 0 Å². The normalized spacial score (nSPS) is 11.4. The fraction of sp³-hybridized carbons (Fsp3) is 1.00. The van der Waals surface area contributed by atoms with Crippen LogP contribution in [0.3, 0.4) is 0 Å². The Labute approximate surface area is 122 Å². The molecule has 0 atom stereocenters. The molecule has 2 heteroatoms. The molecule has 0 unspecified atom stereocenters. The average Bonchev–Trinajstić information content (AvgIpc) is 2.44. The van der Waals surface area contributed by atoms with E-state index in [0.717, 1.165) is 13.0 Å². The zero-order chi connectivity index (χ0) is 14.2. The first-order valence-corrected chi connectivity index (χ1v) is 8.77. The average molecular weight is 271 g/mol. The van der Waals surface area contributed by atoms with Gasteiger partial charge in [-0.25, -0.2) is 0 Å². The zero-order valence-corrected chi connectivity index (χ0v) is 13.6. The highest BCUT2D eigenvalue weighted by Crippen LogP contribution is 2.10. The summed E-state index contributed by atoms with van der Waals surface area (Å²) in [6.07, 6.45) is 15.4. The lowest BCUT2D eigenvalue weighted by Crippen LogP contribution is -2.27. The highest BCUT2D eigenvalue weighted by atomic mass is 15.1. The summed E-state index contributed by atoms with van der Waals surface area (Å²) in [5.41, 5.74) is 5.56. The first-order valence-electron chi connectivity index (χ1n) is 8.77. The molecule has 0 aromatic carbocycles. The number of hydrogen-bond acceptors (Lipinski definition) is 2. The maximum atomic E-state index is 5.56. The van der Waals surface area contributed by atoms with Crippen LogP contribution in [-0.4, -0.2) is 31.1 Å². The van der Waals surface area contributed by atoms with Gasteiger partial charge in [-0.2, -0.15) is 0 Å². The molecule has 0 radical (unpaired) electrons. The van der Waals surface area contributed by atoms with Gasteiger partial charge in [-0.15, -0.1) is 0 Å². The molecule has 0 amide bonds. The fourth-order valence-corrected chi connectivity index (χ4v) is 2.57. The van der Waals surface area contributed by atoms with E-state index in [2.05, 4.69) is 18.7 Å². The maximum Gasteiger partial charge on any atom is -0.000683 e. The van der Waals surface area contributed by atoms with Crippen LogP contribution in [-0.2, 0) is 0 Å². The largest absolute Gasteiger partial charge is 0.330 e. The molecule has 0 fully saturated rings. The predicted molar refractivity (Wildman–Crippen MR) is 87.6 cm³/mol. The second kappa shape index (κ2) is 16.0. The van der Waals surface area contributed by atoms with Crippen LogP contribution in [0.4, 0.5) is 0 Å². The summed E-state index contributed by atoms with van der Waals surface area (Å²) >= 11 is 0. The third-order valence-electron chi connectivity index (χ3n) is 3.95. The molecule has 0 aromatic heterocycles. The Morgan fingerprint density at radius 3 is 1.58 bits per heavy atom. The minimum absolute atomic E-state index is 0.828. The highest BCUT2D eigenvalue weighted by molar-refractivity contribution is 4.56. The fourth-order valence-electron chi connectivity index (χ4n) is 2.57. The number of unbranched alkanes of at least 4 members (excludes halogenated alkanes) is 9. The molecule has 0 rings (SSSR count). The summed E-state index contributed by atoms with van der Waals surface area (Å²) in [5.74, 6) is 0. The molecule has 2 N–H and O–H groups in total. The molecule has 2 nitrogen and oxygen atoms in total. The Hall–Kier alpha value is -0.0800. The van der Waals surface area contributed by atoms with Crippen LogP contribution in [0.2, 0.25) is 0 Å². The second-order valence-electron chi connectivity index (χ2n) is 5.76. The molecule has 0 aliphatic heterocycles. The number of rotatable bonds is 15. The van der Waals surface area contributed by atoms with Gasteiger partial charge >= 0.3 is 0 Å². The van der Waals surface area contributed by atoms with E-state index in [9.17, 15) is 0 Å². The van der Waals surface area contributed by atoms with Crippen molar-refractivity contribution >= 4 is 0 Å². The summed E-state index contributed by atoms with van der Waals surface area (Å²) in [7, 11) is 0. The molecule has 0 aliphatic carbocycles. The lowest BCUT2D eigenvalue weighted by Gasteiger charge is -2.19. The Kier molecular flexibility index (Phi) is 15.9. The molecule has 0 aromatic rings. The first kappa shape index (κ1) is 18.9. The summed E-state index contributed by atoms with van der Waals surface area (Å²) in [6.45, 7) is 9.00. The van der Waals surface area contributed by atoms with Gasteiger partial charge in [0.25, 0.3) is 0 Å². The van der Waals surface area contributed by atoms with Crippen LogP contribution >= 0.6 is 0 Å². The van der Waals surface area contributed by atoms with E-state index in [1.54, 1.807) is 0 Å². The summed E-state index contributed by atoms with van der Waals surface area (Å²) in [5, 5.41) is 0. The van der Waals surface area contributed by atoms with E-state index in [1.807, 2.05) is 0 Å². The number of nitrogens with zero attached hydrogens (tertiary/aromatic N) is 1. The van der Waals surface area contributed by atoms with Gasteiger partial charge in [0.2, 0.25) is 0 Å². The van der Waals surface area contributed by atoms with E-state index in [0.29, 0.717) is 0 Å².